The summed E-state index contributed by atoms with van der Waals surface area (Å²) in [6.07, 6.45) is 3.27. The quantitative estimate of drug-likeness (QED) is 0.697. The molecule has 2 rings (SSSR count). The number of carbonyl (C=O) groups excluding carboxylic acids is 2. The lowest BCUT2D eigenvalue weighted by Crippen LogP contribution is -2.49. The van der Waals surface area contributed by atoms with Crippen LogP contribution < -0.4 is 15.4 Å². The van der Waals surface area contributed by atoms with Crippen LogP contribution in [0.5, 0.6) is 5.75 Å². The molecule has 0 radical (unpaired) electrons. The fourth-order valence-corrected chi connectivity index (χ4v) is 3.38. The minimum Gasteiger partial charge on any atom is -0.484 e. The van der Waals surface area contributed by atoms with E-state index in [4.69, 9.17) is 4.74 Å². The van der Waals surface area contributed by atoms with E-state index in [1.807, 2.05) is 11.8 Å². The van der Waals surface area contributed by atoms with E-state index >= 15 is 0 Å². The van der Waals surface area contributed by atoms with Crippen molar-refractivity contribution in [1.82, 2.24) is 15.5 Å². The average molecular weight is 361 g/mol. The largest absolute Gasteiger partial charge is 0.484 e. The summed E-state index contributed by atoms with van der Waals surface area (Å²) in [5.41, 5.74) is 0.582. The van der Waals surface area contributed by atoms with Gasteiger partial charge in [-0.15, -0.1) is 0 Å². The summed E-state index contributed by atoms with van der Waals surface area (Å²) in [7, 11) is 0. The zero-order valence-electron chi connectivity index (χ0n) is 16.1. The molecule has 0 spiro atoms. The van der Waals surface area contributed by atoms with Crippen molar-refractivity contribution in [3.63, 3.8) is 0 Å². The van der Waals surface area contributed by atoms with E-state index in [9.17, 15) is 9.59 Å². The van der Waals surface area contributed by atoms with Crippen LogP contribution in [0.3, 0.4) is 0 Å². The van der Waals surface area contributed by atoms with Crippen molar-refractivity contribution in [2.24, 2.45) is 0 Å². The third-order valence-electron chi connectivity index (χ3n) is 4.80. The predicted molar refractivity (Wildman–Crippen MR) is 102 cm³/mol. The number of likely N-dealkylation sites (N-methyl/N-ethyl adjacent to an activating group) is 1. The van der Waals surface area contributed by atoms with Crippen molar-refractivity contribution < 1.29 is 14.3 Å². The Balaban J connectivity index is 1.81. The Hall–Kier alpha value is -2.08. The van der Waals surface area contributed by atoms with Gasteiger partial charge < -0.3 is 20.3 Å². The molecule has 26 heavy (non-hydrogen) atoms. The maximum Gasteiger partial charge on any atom is 0.260 e. The van der Waals surface area contributed by atoms with Crippen molar-refractivity contribution in [2.75, 3.05) is 26.2 Å². The smallest absolute Gasteiger partial charge is 0.260 e. The Morgan fingerprint density at radius 1 is 1.12 bits per heavy atom. The van der Waals surface area contributed by atoms with E-state index in [2.05, 4.69) is 24.5 Å². The van der Waals surface area contributed by atoms with E-state index in [1.54, 1.807) is 24.3 Å². The van der Waals surface area contributed by atoms with Crippen molar-refractivity contribution >= 4 is 11.8 Å². The number of hydrogen-bond donors (Lipinski definition) is 2. The summed E-state index contributed by atoms with van der Waals surface area (Å²) in [5.74, 6) is 0.510. The number of amides is 2. The van der Waals surface area contributed by atoms with Crippen LogP contribution in [0.2, 0.25) is 0 Å². The molecule has 0 bridgehead atoms. The molecule has 1 fully saturated rings. The molecule has 0 saturated carbocycles. The van der Waals surface area contributed by atoms with Gasteiger partial charge in [0, 0.05) is 30.7 Å². The van der Waals surface area contributed by atoms with Gasteiger partial charge in [-0.3, -0.25) is 9.59 Å². The standard InChI is InChI=1S/C20H31N3O3/c1-4-21-12-13-22-20(25)17-8-10-18(11-9-17)26-14-19(24)23-15(2)6-5-7-16(23)3/h8-11,15-16,21H,4-7,12-14H2,1-3H3,(H,22,25). The highest BCUT2D eigenvalue weighted by atomic mass is 16.5. The highest BCUT2D eigenvalue weighted by Gasteiger charge is 2.28. The molecule has 2 amide bonds. The lowest BCUT2D eigenvalue weighted by atomic mass is 9.97. The van der Waals surface area contributed by atoms with Crippen molar-refractivity contribution in [2.45, 2.75) is 52.1 Å². The topological polar surface area (TPSA) is 70.7 Å². The van der Waals surface area contributed by atoms with Crippen LogP contribution in [0.15, 0.2) is 24.3 Å². The molecule has 1 aromatic rings. The predicted octanol–water partition coefficient (Wildman–Crippen LogP) is 2.19. The van der Waals surface area contributed by atoms with Crippen LogP contribution in [0.4, 0.5) is 0 Å². The summed E-state index contributed by atoms with van der Waals surface area (Å²) in [4.78, 5) is 26.4. The summed E-state index contributed by atoms with van der Waals surface area (Å²) in [5, 5.41) is 6.01. The molecular weight excluding hydrogens is 330 g/mol. The molecule has 6 nitrogen and oxygen atoms in total. The van der Waals surface area contributed by atoms with Crippen molar-refractivity contribution in [1.29, 1.82) is 0 Å². The molecule has 1 aliphatic rings. The van der Waals surface area contributed by atoms with E-state index in [0.717, 1.165) is 25.9 Å². The van der Waals surface area contributed by atoms with Crippen LogP contribution in [0.25, 0.3) is 0 Å². The van der Waals surface area contributed by atoms with Gasteiger partial charge >= 0.3 is 0 Å². The number of likely N-dealkylation sites (tertiary alicyclic amines) is 1. The highest BCUT2D eigenvalue weighted by Crippen LogP contribution is 2.22. The molecule has 1 aromatic carbocycles. The lowest BCUT2D eigenvalue weighted by molar-refractivity contribution is -0.139. The zero-order valence-corrected chi connectivity index (χ0v) is 16.1. The van der Waals surface area contributed by atoms with Gasteiger partial charge in [0.1, 0.15) is 5.75 Å². The minimum atomic E-state index is -0.110. The number of carbonyl (C=O) groups is 2. The first-order chi connectivity index (χ1) is 12.5. The monoisotopic (exact) mass is 361 g/mol. The number of nitrogens with one attached hydrogen (secondary N) is 2. The fourth-order valence-electron chi connectivity index (χ4n) is 3.38. The summed E-state index contributed by atoms with van der Waals surface area (Å²) >= 11 is 0. The molecule has 1 aliphatic heterocycles. The summed E-state index contributed by atoms with van der Waals surface area (Å²) < 4.78 is 5.63. The second kappa shape index (κ2) is 10.2. The van der Waals surface area contributed by atoms with Gasteiger partial charge in [-0.2, -0.15) is 0 Å². The van der Waals surface area contributed by atoms with Gasteiger partial charge in [-0.25, -0.2) is 0 Å². The second-order valence-corrected chi connectivity index (χ2v) is 6.85. The van der Waals surface area contributed by atoms with Gasteiger partial charge in [-0.1, -0.05) is 6.92 Å². The van der Waals surface area contributed by atoms with Gasteiger partial charge in [0.2, 0.25) is 0 Å². The molecule has 0 aliphatic carbocycles. The SMILES string of the molecule is CCNCCNC(=O)c1ccc(OCC(=O)N2C(C)CCCC2C)cc1. The lowest BCUT2D eigenvalue weighted by Gasteiger charge is -2.38. The zero-order chi connectivity index (χ0) is 18.9. The summed E-state index contributed by atoms with van der Waals surface area (Å²) in [6, 6.07) is 7.43. The van der Waals surface area contributed by atoms with E-state index < -0.39 is 0 Å². The molecule has 1 saturated heterocycles. The molecule has 144 valence electrons. The molecule has 1 heterocycles. The first kappa shape index (κ1) is 20.2. The summed E-state index contributed by atoms with van der Waals surface area (Å²) in [6.45, 7) is 8.47. The Morgan fingerprint density at radius 3 is 2.38 bits per heavy atom. The average Bonchev–Trinajstić information content (AvgIpc) is 2.63. The number of hydrogen-bond acceptors (Lipinski definition) is 4. The third-order valence-corrected chi connectivity index (χ3v) is 4.80. The van der Waals surface area contributed by atoms with E-state index in [1.165, 1.54) is 6.42 Å². The van der Waals surface area contributed by atoms with Gasteiger partial charge in [0.05, 0.1) is 0 Å². The fraction of sp³-hybridized carbons (Fsp3) is 0.600. The van der Waals surface area contributed by atoms with Crippen LogP contribution in [0, 0.1) is 0 Å². The number of ether oxygens (including phenoxy) is 1. The Morgan fingerprint density at radius 2 is 1.77 bits per heavy atom. The minimum absolute atomic E-state index is 0.0231. The number of piperidine rings is 1. The molecular formula is C20H31N3O3. The maximum absolute atomic E-state index is 12.5. The van der Waals surface area contributed by atoms with Crippen LogP contribution in [-0.2, 0) is 4.79 Å². The van der Waals surface area contributed by atoms with Crippen molar-refractivity contribution in [3.05, 3.63) is 29.8 Å². The van der Waals surface area contributed by atoms with Gasteiger partial charge in [0.25, 0.3) is 11.8 Å². The second-order valence-electron chi connectivity index (χ2n) is 6.85. The molecule has 6 heteroatoms. The van der Waals surface area contributed by atoms with Crippen LogP contribution in [-0.4, -0.2) is 55.0 Å². The third kappa shape index (κ3) is 5.73. The normalized spacial score (nSPS) is 19.9. The van der Waals surface area contributed by atoms with Crippen LogP contribution in [0.1, 0.15) is 50.4 Å². The number of benzene rings is 1. The Labute approximate surface area is 156 Å². The molecule has 2 unspecified atom stereocenters. The Kier molecular flexibility index (Phi) is 7.91. The van der Waals surface area contributed by atoms with Crippen molar-refractivity contribution in [3.8, 4) is 5.75 Å². The maximum atomic E-state index is 12.5. The van der Waals surface area contributed by atoms with Gasteiger partial charge in [-0.05, 0) is 63.9 Å². The van der Waals surface area contributed by atoms with Gasteiger partial charge in [0.15, 0.2) is 6.61 Å². The number of nitrogens with zero attached hydrogens (tertiary/aromatic N) is 1. The molecule has 2 atom stereocenters. The first-order valence-corrected chi connectivity index (χ1v) is 9.55. The molecule has 2 N–H and O–H groups in total. The number of rotatable bonds is 8. The highest BCUT2D eigenvalue weighted by molar-refractivity contribution is 5.94. The Bertz CT molecular complexity index is 578. The van der Waals surface area contributed by atoms with E-state index in [-0.39, 0.29) is 30.5 Å². The first-order valence-electron chi connectivity index (χ1n) is 9.55. The van der Waals surface area contributed by atoms with Crippen LogP contribution >= 0.6 is 0 Å². The van der Waals surface area contributed by atoms with E-state index in [0.29, 0.717) is 17.9 Å². The molecule has 0 aromatic heterocycles.